The molecule has 412 valence electrons. The summed E-state index contributed by atoms with van der Waals surface area (Å²) in [5.41, 5.74) is 0. The quantitative estimate of drug-likeness (QED) is 0.0251. The SMILES string of the molecule is CCCCCCCCCCCCCCCCCCCCCCCCCC(O)C(COC1OC(CO)C(O)C(OS(=O)(=O)O)C1O)NC(=O)CCCCCCCCCCCCCCCCCCCCC. The molecule has 0 aromatic heterocycles. The van der Waals surface area contributed by atoms with Gasteiger partial charge in [-0.2, -0.15) is 8.42 Å². The summed E-state index contributed by atoms with van der Waals surface area (Å²) in [7, 11) is -5.08. The molecule has 1 heterocycles. The van der Waals surface area contributed by atoms with E-state index >= 15 is 0 Å². The summed E-state index contributed by atoms with van der Waals surface area (Å²) < 4.78 is 47.9. The van der Waals surface area contributed by atoms with Crippen molar-refractivity contribution < 1.29 is 51.8 Å². The van der Waals surface area contributed by atoms with Gasteiger partial charge in [-0.3, -0.25) is 9.35 Å². The van der Waals surface area contributed by atoms with Gasteiger partial charge in [-0.15, -0.1) is 0 Å². The predicted molar refractivity (Wildman–Crippen MR) is 283 cm³/mol. The van der Waals surface area contributed by atoms with Crippen LogP contribution in [0.5, 0.6) is 0 Å². The Morgan fingerprint density at radius 1 is 0.522 bits per heavy atom. The van der Waals surface area contributed by atoms with E-state index in [1.807, 2.05) is 0 Å². The average molecular weight is 1010 g/mol. The van der Waals surface area contributed by atoms with E-state index in [0.717, 1.165) is 51.4 Å². The lowest BCUT2D eigenvalue weighted by molar-refractivity contribution is -0.298. The molecule has 1 saturated heterocycles. The van der Waals surface area contributed by atoms with Crippen molar-refractivity contribution in [2.75, 3.05) is 13.2 Å². The smallest absolute Gasteiger partial charge is 0.394 e. The third-order valence-electron chi connectivity index (χ3n) is 14.4. The molecule has 7 atom stereocenters. The Bertz CT molecular complexity index is 1230. The third-order valence-corrected chi connectivity index (χ3v) is 14.9. The maximum absolute atomic E-state index is 13.1. The van der Waals surface area contributed by atoms with Crippen LogP contribution in [0.2, 0.25) is 0 Å². The number of aliphatic hydroxyl groups excluding tert-OH is 4. The number of hydrogen-bond donors (Lipinski definition) is 6. The van der Waals surface area contributed by atoms with Gasteiger partial charge in [0.15, 0.2) is 6.29 Å². The van der Waals surface area contributed by atoms with Crippen LogP contribution in [-0.2, 0) is 28.9 Å². The van der Waals surface area contributed by atoms with Crippen LogP contribution >= 0.6 is 0 Å². The highest BCUT2D eigenvalue weighted by molar-refractivity contribution is 7.80. The van der Waals surface area contributed by atoms with Gasteiger partial charge in [-0.1, -0.05) is 277 Å². The fourth-order valence-electron chi connectivity index (χ4n) is 9.88. The molecule has 69 heavy (non-hydrogen) atoms. The summed E-state index contributed by atoms with van der Waals surface area (Å²) >= 11 is 0. The van der Waals surface area contributed by atoms with Crippen LogP contribution in [0.3, 0.4) is 0 Å². The van der Waals surface area contributed by atoms with Crippen molar-refractivity contribution in [2.24, 2.45) is 0 Å². The van der Waals surface area contributed by atoms with Crippen LogP contribution in [-0.4, -0.2) is 95.4 Å². The molecular formula is C56H111NO11S. The van der Waals surface area contributed by atoms with Gasteiger partial charge in [0.25, 0.3) is 0 Å². The summed E-state index contributed by atoms with van der Waals surface area (Å²) in [5, 5.41) is 45.1. The first-order valence-electron chi connectivity index (χ1n) is 29.4. The lowest BCUT2D eigenvalue weighted by Crippen LogP contribution is -2.61. The van der Waals surface area contributed by atoms with E-state index in [-0.39, 0.29) is 12.5 Å². The number of amides is 1. The van der Waals surface area contributed by atoms with Gasteiger partial charge in [0, 0.05) is 6.42 Å². The van der Waals surface area contributed by atoms with Crippen molar-refractivity contribution in [3.05, 3.63) is 0 Å². The third kappa shape index (κ3) is 39.3. The van der Waals surface area contributed by atoms with E-state index in [9.17, 15) is 38.2 Å². The molecule has 0 bridgehead atoms. The van der Waals surface area contributed by atoms with E-state index in [1.54, 1.807) is 0 Å². The second kappa shape index (κ2) is 46.9. The molecule has 0 aromatic rings. The minimum Gasteiger partial charge on any atom is -0.394 e. The van der Waals surface area contributed by atoms with Gasteiger partial charge in [0.1, 0.15) is 24.4 Å². The molecule has 0 aromatic carbocycles. The first-order valence-corrected chi connectivity index (χ1v) is 30.8. The molecule has 0 radical (unpaired) electrons. The topological polar surface area (TPSA) is 192 Å². The highest BCUT2D eigenvalue weighted by Crippen LogP contribution is 2.26. The highest BCUT2D eigenvalue weighted by Gasteiger charge is 2.48. The van der Waals surface area contributed by atoms with E-state index in [1.165, 1.54) is 218 Å². The lowest BCUT2D eigenvalue weighted by atomic mass is 9.99. The maximum atomic E-state index is 13.1. The largest absolute Gasteiger partial charge is 0.397 e. The first-order chi connectivity index (χ1) is 33.5. The second-order valence-corrected chi connectivity index (χ2v) is 22.0. The van der Waals surface area contributed by atoms with Gasteiger partial charge in [-0.05, 0) is 12.8 Å². The van der Waals surface area contributed by atoms with Crippen molar-refractivity contribution >= 4 is 16.3 Å². The molecule has 1 rings (SSSR count). The summed E-state index contributed by atoms with van der Waals surface area (Å²) in [4.78, 5) is 13.1. The number of rotatable bonds is 52. The van der Waals surface area contributed by atoms with Crippen LogP contribution in [0.15, 0.2) is 0 Å². The molecule has 12 nitrogen and oxygen atoms in total. The molecule has 0 spiro atoms. The molecule has 0 aliphatic carbocycles. The van der Waals surface area contributed by atoms with E-state index in [4.69, 9.17) is 9.47 Å². The van der Waals surface area contributed by atoms with Crippen molar-refractivity contribution in [3.63, 3.8) is 0 Å². The van der Waals surface area contributed by atoms with Crippen molar-refractivity contribution in [3.8, 4) is 0 Å². The summed E-state index contributed by atoms with van der Waals surface area (Å²) in [6, 6.07) is -0.853. The highest BCUT2D eigenvalue weighted by atomic mass is 32.3. The molecule has 1 aliphatic heterocycles. The van der Waals surface area contributed by atoms with E-state index in [0.29, 0.717) is 12.8 Å². The predicted octanol–water partition coefficient (Wildman–Crippen LogP) is 13.7. The zero-order valence-electron chi connectivity index (χ0n) is 44.7. The van der Waals surface area contributed by atoms with Crippen molar-refractivity contribution in [2.45, 2.75) is 339 Å². The number of aliphatic hydroxyl groups is 4. The Hall–Kier alpha value is -0.900. The van der Waals surface area contributed by atoms with Crippen molar-refractivity contribution in [1.29, 1.82) is 0 Å². The fraction of sp³-hybridized carbons (Fsp3) is 0.982. The van der Waals surface area contributed by atoms with Crippen LogP contribution < -0.4 is 5.32 Å². The van der Waals surface area contributed by atoms with Gasteiger partial charge in [-0.25, -0.2) is 4.18 Å². The van der Waals surface area contributed by atoms with Gasteiger partial charge in [0.2, 0.25) is 5.91 Å². The standard InChI is InChI=1S/C56H111NO11S/c1-3-5-7-9-11-13-15-17-19-21-23-24-25-26-28-29-31-33-35-37-39-41-43-45-50(59)49(48-66-56-54(62)55(68-69(63,64)65)53(61)51(47-58)67-56)57-52(60)46-44-42-40-38-36-34-32-30-27-22-20-18-16-14-12-10-8-6-4-2/h49-51,53-56,58-59,61-62H,3-48H2,1-2H3,(H,57,60)(H,63,64,65). The van der Waals surface area contributed by atoms with Gasteiger partial charge in [0.05, 0.1) is 25.4 Å². The zero-order valence-corrected chi connectivity index (χ0v) is 45.5. The Morgan fingerprint density at radius 3 is 1.16 bits per heavy atom. The van der Waals surface area contributed by atoms with Crippen LogP contribution in [0, 0.1) is 0 Å². The molecule has 1 aliphatic rings. The van der Waals surface area contributed by atoms with Crippen molar-refractivity contribution in [1.82, 2.24) is 5.32 Å². The summed E-state index contributed by atoms with van der Waals surface area (Å²) in [6.45, 7) is 3.51. The minimum atomic E-state index is -5.08. The molecular weight excluding hydrogens is 895 g/mol. The Morgan fingerprint density at radius 2 is 0.841 bits per heavy atom. The van der Waals surface area contributed by atoms with Gasteiger partial charge >= 0.3 is 10.4 Å². The average Bonchev–Trinajstić information content (AvgIpc) is 3.32. The molecule has 1 fully saturated rings. The second-order valence-electron chi connectivity index (χ2n) is 21.0. The number of unbranched alkanes of at least 4 members (excludes halogenated alkanes) is 40. The van der Waals surface area contributed by atoms with Crippen LogP contribution in [0.4, 0.5) is 0 Å². The molecule has 0 saturated carbocycles. The first kappa shape index (κ1) is 66.1. The molecule has 7 unspecified atom stereocenters. The van der Waals surface area contributed by atoms with E-state index < -0.39 is 59.9 Å². The van der Waals surface area contributed by atoms with E-state index in [2.05, 4.69) is 23.3 Å². The number of ether oxygens (including phenoxy) is 2. The van der Waals surface area contributed by atoms with Crippen LogP contribution in [0.25, 0.3) is 0 Å². The molecule has 6 N–H and O–H groups in total. The molecule has 13 heteroatoms. The Labute approximate surface area is 424 Å². The number of carbonyl (C=O) groups is 1. The maximum Gasteiger partial charge on any atom is 0.397 e. The van der Waals surface area contributed by atoms with Crippen LogP contribution in [0.1, 0.15) is 296 Å². The number of nitrogens with one attached hydrogen (secondary N) is 1. The summed E-state index contributed by atoms with van der Waals surface area (Å²) in [5.74, 6) is -0.222. The molecule has 1 amide bonds. The van der Waals surface area contributed by atoms with Gasteiger partial charge < -0.3 is 35.2 Å². The fourth-order valence-corrected chi connectivity index (χ4v) is 10.4. The minimum absolute atomic E-state index is 0.222. The normalized spacial score (nSPS) is 19.6. The number of carbonyl (C=O) groups excluding carboxylic acids is 1. The summed E-state index contributed by atoms with van der Waals surface area (Å²) in [6.07, 6.45) is 45.3. The zero-order chi connectivity index (χ0) is 50.5. The monoisotopic (exact) mass is 1010 g/mol. The Balaban J connectivity index is 2.34. The number of hydrogen-bond acceptors (Lipinski definition) is 10. The lowest BCUT2D eigenvalue weighted by Gasteiger charge is -2.41. The Kier molecular flexibility index (Phi) is 44.9.